The molecule has 1 fully saturated rings. The van der Waals surface area contributed by atoms with Crippen LogP contribution in [0.4, 0.5) is 0 Å². The smallest absolute Gasteiger partial charge is 0.326 e. The summed E-state index contributed by atoms with van der Waals surface area (Å²) < 4.78 is 0.120. The summed E-state index contributed by atoms with van der Waals surface area (Å²) in [4.78, 5) is 35.8. The van der Waals surface area contributed by atoms with Crippen molar-refractivity contribution in [1.29, 1.82) is 0 Å². The highest BCUT2D eigenvalue weighted by molar-refractivity contribution is 8.26. The summed E-state index contributed by atoms with van der Waals surface area (Å²) in [5, 5.41) is 18.0. The van der Waals surface area contributed by atoms with E-state index >= 15 is 0 Å². The Morgan fingerprint density at radius 2 is 1.91 bits per heavy atom. The molecule has 1 aromatic rings. The first-order valence-electron chi connectivity index (χ1n) is 6.67. The zero-order valence-corrected chi connectivity index (χ0v) is 13.5. The molecule has 1 atom stereocenters. The van der Waals surface area contributed by atoms with Crippen LogP contribution in [-0.2, 0) is 14.4 Å². The van der Waals surface area contributed by atoms with Gasteiger partial charge in [0.05, 0.1) is 4.91 Å². The summed E-state index contributed by atoms with van der Waals surface area (Å²) in [5.41, 5.74) is 0.797. The average Bonchev–Trinajstić information content (AvgIpc) is 2.75. The van der Waals surface area contributed by atoms with Gasteiger partial charge < -0.3 is 10.2 Å². The highest BCUT2D eigenvalue weighted by atomic mass is 32.2. The number of thioether (sulfide) groups is 1. The largest absolute Gasteiger partial charge is 0.481 e. The third-order valence-electron chi connectivity index (χ3n) is 3.15. The monoisotopic (exact) mass is 351 g/mol. The normalized spacial score (nSPS) is 17.6. The molecule has 23 heavy (non-hydrogen) atoms. The number of carbonyl (C=O) groups is 3. The van der Waals surface area contributed by atoms with E-state index in [1.807, 2.05) is 30.3 Å². The molecule has 0 aromatic heterocycles. The molecule has 0 saturated carbocycles. The molecule has 6 nitrogen and oxygen atoms in total. The highest BCUT2D eigenvalue weighted by Crippen LogP contribution is 2.34. The van der Waals surface area contributed by atoms with Crippen molar-refractivity contribution in [3.63, 3.8) is 0 Å². The molecule has 1 aliphatic heterocycles. The van der Waals surface area contributed by atoms with Crippen molar-refractivity contribution in [2.45, 2.75) is 18.9 Å². The van der Waals surface area contributed by atoms with Crippen molar-refractivity contribution in [3.8, 4) is 0 Å². The zero-order valence-electron chi connectivity index (χ0n) is 11.8. The van der Waals surface area contributed by atoms with Crippen LogP contribution in [0, 0.1) is 0 Å². The maximum atomic E-state index is 12.4. The molecule has 0 spiro atoms. The van der Waals surface area contributed by atoms with Crippen LogP contribution in [0.25, 0.3) is 6.08 Å². The average molecular weight is 351 g/mol. The van der Waals surface area contributed by atoms with Crippen molar-refractivity contribution in [3.05, 3.63) is 40.8 Å². The van der Waals surface area contributed by atoms with E-state index in [0.717, 1.165) is 22.2 Å². The number of benzene rings is 1. The van der Waals surface area contributed by atoms with Crippen LogP contribution in [-0.4, -0.2) is 43.3 Å². The molecule has 0 radical (unpaired) electrons. The summed E-state index contributed by atoms with van der Waals surface area (Å²) in [6, 6.07) is 7.82. The van der Waals surface area contributed by atoms with Crippen LogP contribution < -0.4 is 0 Å². The summed E-state index contributed by atoms with van der Waals surface area (Å²) >= 11 is 6.12. The van der Waals surface area contributed by atoms with Gasteiger partial charge in [-0.3, -0.25) is 14.5 Å². The van der Waals surface area contributed by atoms with Gasteiger partial charge in [-0.2, -0.15) is 0 Å². The molecule has 2 N–H and O–H groups in total. The first-order valence-corrected chi connectivity index (χ1v) is 7.89. The predicted molar refractivity (Wildman–Crippen MR) is 89.7 cm³/mol. The number of amides is 1. The number of carboxylic acids is 2. The van der Waals surface area contributed by atoms with E-state index in [1.165, 1.54) is 0 Å². The molecule has 8 heteroatoms. The molecule has 1 amide bonds. The van der Waals surface area contributed by atoms with Crippen LogP contribution in [0.3, 0.4) is 0 Å². The van der Waals surface area contributed by atoms with Gasteiger partial charge in [0.15, 0.2) is 0 Å². The predicted octanol–water partition coefficient (Wildman–Crippen LogP) is 2.21. The molecule has 1 saturated heterocycles. The first kappa shape index (κ1) is 17.2. The van der Waals surface area contributed by atoms with E-state index < -0.39 is 23.9 Å². The molecular formula is C15H13NO5S2. The number of hydrogen-bond acceptors (Lipinski definition) is 5. The Kier molecular flexibility index (Phi) is 5.51. The van der Waals surface area contributed by atoms with E-state index in [9.17, 15) is 19.5 Å². The van der Waals surface area contributed by atoms with Crippen LogP contribution in [0.2, 0.25) is 0 Å². The van der Waals surface area contributed by atoms with Crippen molar-refractivity contribution in [2.75, 3.05) is 0 Å². The maximum absolute atomic E-state index is 12.4. The van der Waals surface area contributed by atoms with Crippen molar-refractivity contribution >= 4 is 52.2 Å². The quantitative estimate of drug-likeness (QED) is 0.599. The SMILES string of the molecule is O=C(O)CC[C@@H](C(=O)O)N1C(=O)/C(=C\c2ccccc2)SC1=S. The van der Waals surface area contributed by atoms with Gasteiger partial charge in [0.1, 0.15) is 10.4 Å². The summed E-state index contributed by atoms with van der Waals surface area (Å²) in [6.07, 6.45) is 1.08. The molecule has 1 aliphatic rings. The fourth-order valence-electron chi connectivity index (χ4n) is 2.07. The number of carboxylic acid groups (broad SMARTS) is 2. The molecular weight excluding hydrogens is 338 g/mol. The molecule has 0 aliphatic carbocycles. The second-order valence-electron chi connectivity index (χ2n) is 4.75. The molecule has 2 rings (SSSR count). The van der Waals surface area contributed by atoms with Crippen LogP contribution in [0.5, 0.6) is 0 Å². The van der Waals surface area contributed by atoms with Gasteiger partial charge in [0, 0.05) is 6.42 Å². The Labute approximate surface area is 141 Å². The van der Waals surface area contributed by atoms with Gasteiger partial charge in [-0.15, -0.1) is 0 Å². The number of rotatable bonds is 6. The Morgan fingerprint density at radius 1 is 1.26 bits per heavy atom. The Balaban J connectivity index is 2.24. The second kappa shape index (κ2) is 7.38. The van der Waals surface area contributed by atoms with E-state index in [2.05, 4.69) is 0 Å². The molecule has 120 valence electrons. The third kappa shape index (κ3) is 4.17. The fourth-order valence-corrected chi connectivity index (χ4v) is 3.43. The second-order valence-corrected chi connectivity index (χ2v) is 6.42. The lowest BCUT2D eigenvalue weighted by Gasteiger charge is -2.22. The topological polar surface area (TPSA) is 94.9 Å². The number of thiocarbonyl (C=S) groups is 1. The third-order valence-corrected chi connectivity index (χ3v) is 4.48. The summed E-state index contributed by atoms with van der Waals surface area (Å²) in [5.74, 6) is -2.91. The van der Waals surface area contributed by atoms with Gasteiger partial charge in [0.25, 0.3) is 5.91 Å². The Hall–Kier alpha value is -2.19. The Bertz CT molecular complexity index is 686. The van der Waals surface area contributed by atoms with Gasteiger partial charge in [-0.05, 0) is 18.1 Å². The first-order chi connectivity index (χ1) is 10.9. The van der Waals surface area contributed by atoms with Gasteiger partial charge in [-0.1, -0.05) is 54.3 Å². The summed E-state index contributed by atoms with van der Waals surface area (Å²) in [6.45, 7) is 0. The van der Waals surface area contributed by atoms with E-state index in [0.29, 0.717) is 4.91 Å². The molecule has 1 heterocycles. The molecule has 0 unspecified atom stereocenters. The Morgan fingerprint density at radius 3 is 2.48 bits per heavy atom. The number of hydrogen-bond donors (Lipinski definition) is 2. The molecule has 1 aromatic carbocycles. The fraction of sp³-hybridized carbons (Fsp3) is 0.200. The minimum atomic E-state index is -1.28. The lowest BCUT2D eigenvalue weighted by Crippen LogP contribution is -2.44. The highest BCUT2D eigenvalue weighted by Gasteiger charge is 2.40. The summed E-state index contributed by atoms with van der Waals surface area (Å²) in [7, 11) is 0. The zero-order chi connectivity index (χ0) is 17.0. The molecule has 0 bridgehead atoms. The minimum Gasteiger partial charge on any atom is -0.481 e. The van der Waals surface area contributed by atoms with Crippen LogP contribution in [0.15, 0.2) is 35.2 Å². The lowest BCUT2D eigenvalue weighted by atomic mass is 10.1. The number of carbonyl (C=O) groups excluding carboxylic acids is 1. The van der Waals surface area contributed by atoms with Crippen molar-refractivity contribution in [1.82, 2.24) is 4.90 Å². The van der Waals surface area contributed by atoms with Gasteiger partial charge in [-0.25, -0.2) is 4.79 Å². The van der Waals surface area contributed by atoms with Crippen LogP contribution >= 0.6 is 24.0 Å². The standard InChI is InChI=1S/C15H13NO5S2/c17-12(18)7-6-10(14(20)21)16-13(19)11(23-15(16)22)8-9-4-2-1-3-5-9/h1-5,8,10H,6-7H2,(H,17,18)(H,20,21)/b11-8+/t10-/m0/s1. The van der Waals surface area contributed by atoms with Crippen molar-refractivity contribution in [2.24, 2.45) is 0 Å². The van der Waals surface area contributed by atoms with E-state index in [4.69, 9.17) is 17.3 Å². The van der Waals surface area contributed by atoms with Crippen LogP contribution in [0.1, 0.15) is 18.4 Å². The van der Waals surface area contributed by atoms with E-state index in [-0.39, 0.29) is 17.2 Å². The van der Waals surface area contributed by atoms with Gasteiger partial charge >= 0.3 is 11.9 Å². The number of aliphatic carboxylic acids is 2. The maximum Gasteiger partial charge on any atom is 0.326 e. The number of nitrogens with zero attached hydrogens (tertiary/aromatic N) is 1. The lowest BCUT2D eigenvalue weighted by molar-refractivity contribution is -0.146. The van der Waals surface area contributed by atoms with Gasteiger partial charge in [0.2, 0.25) is 0 Å². The van der Waals surface area contributed by atoms with Crippen molar-refractivity contribution < 1.29 is 24.6 Å². The van der Waals surface area contributed by atoms with E-state index in [1.54, 1.807) is 6.08 Å². The minimum absolute atomic E-state index is 0.120.